The predicted octanol–water partition coefficient (Wildman–Crippen LogP) is 2.50. The quantitative estimate of drug-likeness (QED) is 0.846. The van der Waals surface area contributed by atoms with E-state index in [9.17, 15) is 14.7 Å². The minimum absolute atomic E-state index is 0.134. The summed E-state index contributed by atoms with van der Waals surface area (Å²) in [5.74, 6) is -1.29. The number of carbonyl (C=O) groups is 2. The molecule has 0 aliphatic carbocycles. The summed E-state index contributed by atoms with van der Waals surface area (Å²) in [6, 6.07) is 4.57. The van der Waals surface area contributed by atoms with Crippen molar-refractivity contribution >= 4 is 11.9 Å². The fourth-order valence-corrected chi connectivity index (χ4v) is 2.86. The molecule has 1 aliphatic heterocycles. The van der Waals surface area contributed by atoms with Crippen LogP contribution in [-0.4, -0.2) is 29.7 Å². The lowest BCUT2D eigenvalue weighted by Crippen LogP contribution is -2.34. The van der Waals surface area contributed by atoms with Gasteiger partial charge in [-0.25, -0.2) is 4.79 Å². The highest BCUT2D eigenvalue weighted by Crippen LogP contribution is 2.19. The molecule has 0 aromatic heterocycles. The van der Waals surface area contributed by atoms with Crippen LogP contribution in [0, 0.1) is 13.8 Å². The lowest BCUT2D eigenvalue weighted by atomic mass is 10.0. The van der Waals surface area contributed by atoms with E-state index in [4.69, 9.17) is 4.74 Å². The number of carbonyl (C=O) groups excluding carboxylic acids is 1. The van der Waals surface area contributed by atoms with E-state index < -0.39 is 12.0 Å². The fourth-order valence-electron chi connectivity index (χ4n) is 2.86. The Bertz CT molecular complexity index is 529. The van der Waals surface area contributed by atoms with E-state index in [1.54, 1.807) is 12.1 Å². The fraction of sp³-hybridized carbons (Fsp3) is 0.529. The SMILES string of the molecule is Cc1cc(C)cc(C(NC(=O)CCC2CCCO2)C(=O)O)c1. The summed E-state index contributed by atoms with van der Waals surface area (Å²) in [6.07, 6.45) is 3.08. The molecular weight excluding hydrogens is 282 g/mol. The average Bonchev–Trinajstić information content (AvgIpc) is 2.94. The zero-order valence-electron chi connectivity index (χ0n) is 13.1. The second-order valence-corrected chi connectivity index (χ2v) is 5.93. The van der Waals surface area contributed by atoms with E-state index >= 15 is 0 Å². The molecule has 2 unspecified atom stereocenters. The first-order valence-corrected chi connectivity index (χ1v) is 7.67. The van der Waals surface area contributed by atoms with Crippen LogP contribution >= 0.6 is 0 Å². The molecule has 0 bridgehead atoms. The number of hydrogen-bond acceptors (Lipinski definition) is 3. The van der Waals surface area contributed by atoms with Gasteiger partial charge in [0.1, 0.15) is 0 Å². The number of carboxylic acids is 1. The van der Waals surface area contributed by atoms with Gasteiger partial charge in [-0.1, -0.05) is 29.3 Å². The largest absolute Gasteiger partial charge is 0.479 e. The van der Waals surface area contributed by atoms with Crippen LogP contribution in [-0.2, 0) is 14.3 Å². The lowest BCUT2D eigenvalue weighted by molar-refractivity contribution is -0.142. The number of amides is 1. The first-order valence-electron chi connectivity index (χ1n) is 7.67. The van der Waals surface area contributed by atoms with Gasteiger partial charge in [-0.15, -0.1) is 0 Å². The van der Waals surface area contributed by atoms with E-state index in [-0.39, 0.29) is 12.0 Å². The summed E-state index contributed by atoms with van der Waals surface area (Å²) in [5.41, 5.74) is 2.57. The highest BCUT2D eigenvalue weighted by molar-refractivity contribution is 5.84. The maximum Gasteiger partial charge on any atom is 0.330 e. The normalized spacial score (nSPS) is 18.9. The zero-order chi connectivity index (χ0) is 16.1. The van der Waals surface area contributed by atoms with Crippen molar-refractivity contribution in [2.45, 2.75) is 51.7 Å². The topological polar surface area (TPSA) is 75.6 Å². The summed E-state index contributed by atoms with van der Waals surface area (Å²) in [5, 5.41) is 12.0. The van der Waals surface area contributed by atoms with Crippen LogP contribution in [0.1, 0.15) is 48.4 Å². The Balaban J connectivity index is 1.98. The molecule has 1 amide bonds. The van der Waals surface area contributed by atoms with E-state index in [1.807, 2.05) is 19.9 Å². The maximum absolute atomic E-state index is 12.0. The summed E-state index contributed by atoms with van der Waals surface area (Å²) >= 11 is 0. The molecule has 1 saturated heterocycles. The minimum Gasteiger partial charge on any atom is -0.479 e. The Labute approximate surface area is 130 Å². The van der Waals surface area contributed by atoms with Crippen LogP contribution in [0.5, 0.6) is 0 Å². The summed E-state index contributed by atoms with van der Waals surface area (Å²) in [4.78, 5) is 23.5. The lowest BCUT2D eigenvalue weighted by Gasteiger charge is -2.17. The monoisotopic (exact) mass is 305 g/mol. The molecule has 0 radical (unpaired) electrons. The molecule has 120 valence electrons. The number of aliphatic carboxylic acids is 1. The van der Waals surface area contributed by atoms with Gasteiger partial charge in [-0.2, -0.15) is 0 Å². The second kappa shape index (κ2) is 7.40. The molecule has 5 nitrogen and oxygen atoms in total. The van der Waals surface area contributed by atoms with Gasteiger partial charge in [-0.05, 0) is 38.7 Å². The first-order chi connectivity index (χ1) is 10.5. The van der Waals surface area contributed by atoms with Crippen LogP contribution in [0.2, 0.25) is 0 Å². The van der Waals surface area contributed by atoms with Crippen molar-refractivity contribution < 1.29 is 19.4 Å². The van der Waals surface area contributed by atoms with Crippen LogP contribution in [0.25, 0.3) is 0 Å². The molecule has 2 rings (SSSR count). The van der Waals surface area contributed by atoms with Gasteiger partial charge in [0.15, 0.2) is 6.04 Å². The Morgan fingerprint density at radius 1 is 1.32 bits per heavy atom. The molecule has 0 saturated carbocycles. The predicted molar refractivity (Wildman–Crippen MR) is 82.6 cm³/mol. The van der Waals surface area contributed by atoms with Gasteiger partial charge in [0.25, 0.3) is 0 Å². The third-order valence-corrected chi connectivity index (χ3v) is 3.85. The van der Waals surface area contributed by atoms with Crippen LogP contribution in [0.15, 0.2) is 18.2 Å². The molecule has 22 heavy (non-hydrogen) atoms. The van der Waals surface area contributed by atoms with Crippen molar-refractivity contribution in [3.8, 4) is 0 Å². The molecule has 2 atom stereocenters. The van der Waals surface area contributed by atoms with Crippen molar-refractivity contribution in [1.29, 1.82) is 0 Å². The molecule has 5 heteroatoms. The second-order valence-electron chi connectivity index (χ2n) is 5.93. The van der Waals surface area contributed by atoms with Gasteiger partial charge in [0, 0.05) is 13.0 Å². The van der Waals surface area contributed by atoms with Crippen LogP contribution in [0.4, 0.5) is 0 Å². The van der Waals surface area contributed by atoms with Crippen molar-refractivity contribution in [2.24, 2.45) is 0 Å². The van der Waals surface area contributed by atoms with Crippen LogP contribution < -0.4 is 5.32 Å². The first kappa shape index (κ1) is 16.5. The third-order valence-electron chi connectivity index (χ3n) is 3.85. The highest BCUT2D eigenvalue weighted by Gasteiger charge is 2.23. The average molecular weight is 305 g/mol. The Morgan fingerprint density at radius 3 is 2.55 bits per heavy atom. The molecular formula is C17H23NO4. The summed E-state index contributed by atoms with van der Waals surface area (Å²) < 4.78 is 5.48. The zero-order valence-corrected chi connectivity index (χ0v) is 13.1. The van der Waals surface area contributed by atoms with Gasteiger partial charge < -0.3 is 15.2 Å². The third kappa shape index (κ3) is 4.56. The Morgan fingerprint density at radius 2 is 2.00 bits per heavy atom. The maximum atomic E-state index is 12.0. The summed E-state index contributed by atoms with van der Waals surface area (Å²) in [7, 11) is 0. The number of rotatable bonds is 6. The minimum atomic E-state index is -1.05. The Hall–Kier alpha value is -1.88. The number of aryl methyl sites for hydroxylation is 2. The molecule has 1 fully saturated rings. The molecule has 0 spiro atoms. The van der Waals surface area contributed by atoms with Crippen molar-refractivity contribution in [3.05, 3.63) is 34.9 Å². The molecule has 1 heterocycles. The molecule has 2 N–H and O–H groups in total. The van der Waals surface area contributed by atoms with Gasteiger partial charge >= 0.3 is 5.97 Å². The Kier molecular flexibility index (Phi) is 5.55. The van der Waals surface area contributed by atoms with E-state index in [2.05, 4.69) is 5.32 Å². The smallest absolute Gasteiger partial charge is 0.330 e. The van der Waals surface area contributed by atoms with Crippen molar-refractivity contribution in [1.82, 2.24) is 5.32 Å². The van der Waals surface area contributed by atoms with Gasteiger partial charge in [0.05, 0.1) is 6.10 Å². The standard InChI is InChI=1S/C17H23NO4/c1-11-8-12(2)10-13(9-11)16(17(20)21)18-15(19)6-5-14-4-3-7-22-14/h8-10,14,16H,3-7H2,1-2H3,(H,18,19)(H,20,21). The van der Waals surface area contributed by atoms with Crippen molar-refractivity contribution in [3.63, 3.8) is 0 Å². The highest BCUT2D eigenvalue weighted by atomic mass is 16.5. The summed E-state index contributed by atoms with van der Waals surface area (Å²) in [6.45, 7) is 4.58. The molecule has 1 aromatic carbocycles. The number of benzene rings is 1. The number of nitrogens with one attached hydrogen (secondary N) is 1. The van der Waals surface area contributed by atoms with Crippen LogP contribution in [0.3, 0.4) is 0 Å². The number of ether oxygens (including phenoxy) is 1. The van der Waals surface area contributed by atoms with E-state index in [1.165, 1.54) is 0 Å². The van der Waals surface area contributed by atoms with Gasteiger partial charge in [-0.3, -0.25) is 4.79 Å². The van der Waals surface area contributed by atoms with E-state index in [0.717, 1.165) is 30.6 Å². The molecule has 1 aromatic rings. The van der Waals surface area contributed by atoms with Crippen molar-refractivity contribution in [2.75, 3.05) is 6.61 Å². The molecule has 1 aliphatic rings. The van der Waals surface area contributed by atoms with Gasteiger partial charge in [0.2, 0.25) is 5.91 Å². The number of hydrogen-bond donors (Lipinski definition) is 2. The number of carboxylic acid groups (broad SMARTS) is 1. The van der Waals surface area contributed by atoms with E-state index in [0.29, 0.717) is 18.4 Å².